The van der Waals surface area contributed by atoms with Crippen LogP contribution in [0.2, 0.25) is 0 Å². The molecule has 0 saturated carbocycles. The van der Waals surface area contributed by atoms with Crippen LogP contribution in [0.3, 0.4) is 0 Å². The molecule has 0 aromatic carbocycles. The normalized spacial score (nSPS) is 25.3. The molecule has 7 nitrogen and oxygen atoms in total. The first-order valence-corrected chi connectivity index (χ1v) is 12.1. The number of halogens is 2. The second-order valence-electron chi connectivity index (χ2n) is 4.60. The molecule has 0 aromatic rings. The van der Waals surface area contributed by atoms with Gasteiger partial charge in [0.25, 0.3) is 10.1 Å². The molecule has 0 amide bonds. The molecule has 13 heteroatoms. The minimum atomic E-state index is -3.93. The summed E-state index contributed by atoms with van der Waals surface area (Å²) in [6.45, 7) is 1.15. The van der Waals surface area contributed by atoms with Crippen molar-refractivity contribution in [2.24, 2.45) is 0 Å². The van der Waals surface area contributed by atoms with E-state index < -0.39 is 17.8 Å². The second-order valence-corrected chi connectivity index (χ2v) is 10.4. The van der Waals surface area contributed by atoms with Crippen LogP contribution in [-0.4, -0.2) is 66.0 Å². The van der Waals surface area contributed by atoms with Crippen LogP contribution in [0, 0.1) is 0 Å². The molecule has 1 aliphatic rings. The standard InChI is InChI=1S/C10H21Cl2N2O5PS2.Na.H/c11-3-5-14(6-4-12)20(15)13-10(2-7-19-20)21-8-1-9-22(16,17)18;;/h10H,1-9H2,(H,13,15)(H,16,17,18);;/q;+1;-1. The summed E-state index contributed by atoms with van der Waals surface area (Å²) in [4.78, 5) is 0. The average Bonchev–Trinajstić information content (AvgIpc) is 2.43. The van der Waals surface area contributed by atoms with Crippen molar-refractivity contribution in [2.45, 2.75) is 18.2 Å². The number of nitrogens with one attached hydrogen (secondary N) is 1. The maximum atomic E-state index is 12.8. The van der Waals surface area contributed by atoms with E-state index in [0.29, 0.717) is 50.1 Å². The molecule has 0 aromatic heterocycles. The van der Waals surface area contributed by atoms with Crippen LogP contribution >= 0.6 is 42.6 Å². The van der Waals surface area contributed by atoms with Crippen LogP contribution in [-0.2, 0) is 19.2 Å². The van der Waals surface area contributed by atoms with Gasteiger partial charge in [0.05, 0.1) is 17.7 Å². The van der Waals surface area contributed by atoms with Crippen molar-refractivity contribution < 1.29 is 53.0 Å². The molecule has 1 rings (SSSR count). The van der Waals surface area contributed by atoms with Gasteiger partial charge in [0.1, 0.15) is 0 Å². The molecule has 0 radical (unpaired) electrons. The fourth-order valence-electron chi connectivity index (χ4n) is 1.89. The zero-order valence-electron chi connectivity index (χ0n) is 14.0. The number of nitrogens with zero attached hydrogens (tertiary/aromatic N) is 1. The average molecular weight is 439 g/mol. The maximum absolute atomic E-state index is 12.8. The van der Waals surface area contributed by atoms with Crippen molar-refractivity contribution >= 4 is 52.8 Å². The number of rotatable bonds is 10. The monoisotopic (exact) mass is 438 g/mol. The summed E-state index contributed by atoms with van der Waals surface area (Å²) in [6.07, 6.45) is 0.996. The van der Waals surface area contributed by atoms with Crippen molar-refractivity contribution in [3.63, 3.8) is 0 Å². The van der Waals surface area contributed by atoms with Crippen LogP contribution in [0.1, 0.15) is 14.3 Å². The van der Waals surface area contributed by atoms with Gasteiger partial charge >= 0.3 is 37.2 Å². The molecule has 1 saturated heterocycles. The van der Waals surface area contributed by atoms with Crippen LogP contribution in [0.15, 0.2) is 0 Å². The van der Waals surface area contributed by atoms with Crippen LogP contribution < -0.4 is 34.6 Å². The molecule has 0 bridgehead atoms. The van der Waals surface area contributed by atoms with Gasteiger partial charge in [-0.05, 0) is 18.6 Å². The summed E-state index contributed by atoms with van der Waals surface area (Å²) in [6, 6.07) is 0. The Morgan fingerprint density at radius 3 is 2.52 bits per heavy atom. The Kier molecular flexibility index (Phi) is 13.4. The molecule has 1 aliphatic heterocycles. The van der Waals surface area contributed by atoms with E-state index in [0.717, 1.165) is 0 Å². The number of alkyl halides is 2. The van der Waals surface area contributed by atoms with Gasteiger partial charge in [0, 0.05) is 24.8 Å². The maximum Gasteiger partial charge on any atom is 1.00 e. The molecule has 23 heavy (non-hydrogen) atoms. The third-order valence-corrected chi connectivity index (χ3v) is 7.79. The Morgan fingerprint density at radius 2 is 2.00 bits per heavy atom. The predicted octanol–water partition coefficient (Wildman–Crippen LogP) is -0.662. The number of thioether (sulfide) groups is 1. The summed E-state index contributed by atoms with van der Waals surface area (Å²) < 4.78 is 49.9. The third kappa shape index (κ3) is 10.0. The molecule has 134 valence electrons. The molecule has 0 spiro atoms. The molecule has 2 unspecified atom stereocenters. The summed E-state index contributed by atoms with van der Waals surface area (Å²) in [7, 11) is -7.10. The minimum absolute atomic E-state index is 0. The van der Waals surface area contributed by atoms with E-state index in [1.165, 1.54) is 11.8 Å². The van der Waals surface area contributed by atoms with E-state index in [-0.39, 0.29) is 42.1 Å². The Balaban J connectivity index is 0. The van der Waals surface area contributed by atoms with Gasteiger partial charge in [-0.15, -0.1) is 35.0 Å². The van der Waals surface area contributed by atoms with E-state index in [2.05, 4.69) is 5.09 Å². The minimum Gasteiger partial charge on any atom is -1.00 e. The summed E-state index contributed by atoms with van der Waals surface area (Å²) >= 11 is 12.9. The van der Waals surface area contributed by atoms with Crippen molar-refractivity contribution in [1.29, 1.82) is 0 Å². The van der Waals surface area contributed by atoms with Gasteiger partial charge < -0.3 is 5.95 Å². The van der Waals surface area contributed by atoms with Gasteiger partial charge in [-0.3, -0.25) is 9.12 Å². The van der Waals surface area contributed by atoms with Crippen molar-refractivity contribution in [1.82, 2.24) is 9.76 Å². The quantitative estimate of drug-likeness (QED) is 0.152. The van der Waals surface area contributed by atoms with E-state index >= 15 is 0 Å². The Morgan fingerprint density at radius 1 is 1.39 bits per heavy atom. The topological polar surface area (TPSA) is 95.9 Å². The molecular formula is C10H22Cl2N2NaO5PS2. The van der Waals surface area contributed by atoms with E-state index in [1.54, 1.807) is 4.67 Å². The van der Waals surface area contributed by atoms with E-state index in [4.69, 9.17) is 32.3 Å². The molecular weight excluding hydrogens is 417 g/mol. The summed E-state index contributed by atoms with van der Waals surface area (Å²) in [5.41, 5.74) is 0. The SMILES string of the molecule is O=P1(N(CCCl)CCCl)NC(SCCCS(=O)(=O)O)CCO1.[H-].[Na+]. The molecule has 1 fully saturated rings. The van der Waals surface area contributed by atoms with Gasteiger partial charge in [-0.2, -0.15) is 8.42 Å². The van der Waals surface area contributed by atoms with Gasteiger partial charge in [0.15, 0.2) is 0 Å². The summed E-state index contributed by atoms with van der Waals surface area (Å²) in [5, 5.41) is 2.89. The zero-order chi connectivity index (χ0) is 16.6. The molecule has 2 N–H and O–H groups in total. The smallest absolute Gasteiger partial charge is 1.00 e. The fraction of sp³-hybridized carbons (Fsp3) is 1.00. The van der Waals surface area contributed by atoms with Gasteiger partial charge in [-0.1, -0.05) is 0 Å². The first-order valence-electron chi connectivity index (χ1n) is 6.77. The van der Waals surface area contributed by atoms with Crippen LogP contribution in [0.4, 0.5) is 0 Å². The van der Waals surface area contributed by atoms with Gasteiger partial charge in [-0.25, -0.2) is 9.76 Å². The fourth-order valence-corrected chi connectivity index (χ4v) is 6.75. The predicted molar refractivity (Wildman–Crippen MR) is 92.7 cm³/mol. The van der Waals surface area contributed by atoms with E-state index in [9.17, 15) is 13.0 Å². The first-order chi connectivity index (χ1) is 10.3. The number of hydrogen-bond donors (Lipinski definition) is 2. The zero-order valence-corrected chi connectivity index (χ0v) is 19.0. The Hall–Kier alpha value is 1.95. The molecule has 1 heterocycles. The second kappa shape index (κ2) is 12.4. The third-order valence-electron chi connectivity index (χ3n) is 2.88. The first kappa shape index (κ1) is 24.9. The Bertz CT molecular complexity index is 488. The van der Waals surface area contributed by atoms with Crippen LogP contribution in [0.25, 0.3) is 0 Å². The van der Waals surface area contributed by atoms with Crippen LogP contribution in [0.5, 0.6) is 0 Å². The number of hydrogen-bond acceptors (Lipinski definition) is 5. The molecule has 0 aliphatic carbocycles. The van der Waals surface area contributed by atoms with Gasteiger partial charge in [0.2, 0.25) is 0 Å². The van der Waals surface area contributed by atoms with Crippen molar-refractivity contribution in [2.75, 3.05) is 43.0 Å². The Labute approximate surface area is 175 Å². The van der Waals surface area contributed by atoms with E-state index in [1.807, 2.05) is 0 Å². The van der Waals surface area contributed by atoms with Crippen molar-refractivity contribution in [3.8, 4) is 0 Å². The molecule has 2 atom stereocenters. The summed E-state index contributed by atoms with van der Waals surface area (Å²) in [5.74, 6) is 0.893. The van der Waals surface area contributed by atoms with Crippen molar-refractivity contribution in [3.05, 3.63) is 0 Å². The largest absolute Gasteiger partial charge is 1.00 e.